The molecule has 1 aromatic carbocycles. The summed E-state index contributed by atoms with van der Waals surface area (Å²) in [7, 11) is 0. The van der Waals surface area contributed by atoms with Gasteiger partial charge >= 0.3 is 12.3 Å². The number of hydrogen-bond acceptors (Lipinski definition) is 2. The molecule has 0 bridgehead atoms. The molecule has 1 aromatic rings. The Morgan fingerprint density at radius 2 is 1.80 bits per heavy atom. The van der Waals surface area contributed by atoms with Gasteiger partial charge in [0.15, 0.2) is 0 Å². The summed E-state index contributed by atoms with van der Waals surface area (Å²) in [5.41, 5.74) is -1.45. The van der Waals surface area contributed by atoms with Gasteiger partial charge in [0.1, 0.15) is 5.60 Å². The smallest absolute Gasteiger partial charge is 0.416 e. The van der Waals surface area contributed by atoms with Crippen LogP contribution >= 0.6 is 15.9 Å². The Morgan fingerprint density at radius 3 is 2.25 bits per heavy atom. The van der Waals surface area contributed by atoms with Crippen molar-refractivity contribution in [3.8, 4) is 0 Å². The van der Waals surface area contributed by atoms with E-state index in [-0.39, 0.29) is 15.7 Å². The molecule has 0 saturated heterocycles. The fourth-order valence-electron chi connectivity index (χ4n) is 1.47. The van der Waals surface area contributed by atoms with Gasteiger partial charge in [-0.15, -0.1) is 0 Å². The molecule has 0 saturated carbocycles. The van der Waals surface area contributed by atoms with Crippen molar-refractivity contribution in [3.05, 3.63) is 27.7 Å². The van der Waals surface area contributed by atoms with E-state index >= 15 is 0 Å². The van der Waals surface area contributed by atoms with Crippen molar-refractivity contribution in [1.82, 2.24) is 0 Å². The number of anilines is 1. The van der Waals surface area contributed by atoms with E-state index in [2.05, 4.69) is 21.2 Å². The number of alkyl halides is 3. The molecule has 3 nitrogen and oxygen atoms in total. The number of benzene rings is 1. The van der Waals surface area contributed by atoms with Crippen LogP contribution in [0, 0.1) is 6.92 Å². The van der Waals surface area contributed by atoms with Gasteiger partial charge in [-0.25, -0.2) is 4.79 Å². The first-order chi connectivity index (χ1) is 8.90. The van der Waals surface area contributed by atoms with E-state index < -0.39 is 23.4 Å². The fraction of sp³-hybridized carbons (Fsp3) is 0.462. The van der Waals surface area contributed by atoms with Gasteiger partial charge in [-0.05, 0) is 45.4 Å². The van der Waals surface area contributed by atoms with E-state index in [4.69, 9.17) is 4.74 Å². The highest BCUT2D eigenvalue weighted by molar-refractivity contribution is 9.10. The minimum atomic E-state index is -4.49. The predicted octanol–water partition coefficient (Wildman–Crippen LogP) is 5.12. The maximum atomic E-state index is 12.9. The van der Waals surface area contributed by atoms with Crippen molar-refractivity contribution in [2.75, 3.05) is 5.32 Å². The van der Waals surface area contributed by atoms with Crippen LogP contribution in [0.5, 0.6) is 0 Å². The van der Waals surface area contributed by atoms with E-state index in [1.807, 2.05) is 0 Å². The van der Waals surface area contributed by atoms with E-state index in [1.165, 1.54) is 13.0 Å². The van der Waals surface area contributed by atoms with Gasteiger partial charge in [-0.2, -0.15) is 13.2 Å². The average molecular weight is 354 g/mol. The molecule has 1 amide bonds. The van der Waals surface area contributed by atoms with Crippen LogP contribution < -0.4 is 5.32 Å². The van der Waals surface area contributed by atoms with Crippen molar-refractivity contribution >= 4 is 27.7 Å². The summed E-state index contributed by atoms with van der Waals surface area (Å²) < 4.78 is 43.8. The molecule has 20 heavy (non-hydrogen) atoms. The number of carbonyl (C=O) groups excluding carboxylic acids is 1. The lowest BCUT2D eigenvalue weighted by molar-refractivity contribution is -0.138. The molecule has 0 radical (unpaired) electrons. The number of amides is 1. The maximum Gasteiger partial charge on any atom is 0.416 e. The van der Waals surface area contributed by atoms with Gasteiger partial charge in [-0.1, -0.05) is 15.9 Å². The lowest BCUT2D eigenvalue weighted by Gasteiger charge is -2.20. The van der Waals surface area contributed by atoms with Crippen LogP contribution in [0.3, 0.4) is 0 Å². The fourth-order valence-corrected chi connectivity index (χ4v) is 1.93. The second-order valence-electron chi connectivity index (χ2n) is 5.26. The van der Waals surface area contributed by atoms with Gasteiger partial charge in [-0.3, -0.25) is 5.32 Å². The second kappa shape index (κ2) is 5.63. The highest BCUT2D eigenvalue weighted by Crippen LogP contribution is 2.37. The van der Waals surface area contributed by atoms with Crippen molar-refractivity contribution < 1.29 is 22.7 Å². The SMILES string of the molecule is Cc1c(Br)cc(NC(=O)OC(C)(C)C)cc1C(F)(F)F. The van der Waals surface area contributed by atoms with Crippen LogP contribution in [0.15, 0.2) is 16.6 Å². The molecule has 0 aromatic heterocycles. The first-order valence-corrected chi connectivity index (χ1v) is 6.57. The van der Waals surface area contributed by atoms with Crippen molar-refractivity contribution in [3.63, 3.8) is 0 Å². The van der Waals surface area contributed by atoms with Crippen molar-refractivity contribution in [1.29, 1.82) is 0 Å². The van der Waals surface area contributed by atoms with Crippen molar-refractivity contribution in [2.24, 2.45) is 0 Å². The number of nitrogens with one attached hydrogen (secondary N) is 1. The molecule has 1 N–H and O–H groups in total. The van der Waals surface area contributed by atoms with Crippen LogP contribution in [0.4, 0.5) is 23.7 Å². The summed E-state index contributed by atoms with van der Waals surface area (Å²) in [6.07, 6.45) is -5.29. The molecule has 0 aliphatic heterocycles. The summed E-state index contributed by atoms with van der Waals surface area (Å²) in [6, 6.07) is 2.28. The Labute approximate surface area is 123 Å². The van der Waals surface area contributed by atoms with Crippen LogP contribution in [0.1, 0.15) is 31.9 Å². The Hall–Kier alpha value is -1.24. The quantitative estimate of drug-likeness (QED) is 0.760. The second-order valence-corrected chi connectivity index (χ2v) is 6.11. The molecule has 7 heteroatoms. The standard InChI is InChI=1S/C13H15BrF3NO2/c1-7-9(13(15,16)17)5-8(6-10(7)14)18-11(19)20-12(2,3)4/h5-6H,1-4H3,(H,18,19). The molecule has 0 fully saturated rings. The molecule has 1 rings (SSSR count). The van der Waals surface area contributed by atoms with E-state index in [0.29, 0.717) is 0 Å². The number of hydrogen-bond donors (Lipinski definition) is 1. The number of halogens is 4. The molecular formula is C13H15BrF3NO2. The first-order valence-electron chi connectivity index (χ1n) is 5.77. The van der Waals surface area contributed by atoms with Gasteiger partial charge in [0.05, 0.1) is 5.56 Å². The summed E-state index contributed by atoms with van der Waals surface area (Å²) in [6.45, 7) is 6.35. The van der Waals surface area contributed by atoms with Gasteiger partial charge in [0, 0.05) is 10.2 Å². The molecule has 0 aliphatic carbocycles. The zero-order valence-electron chi connectivity index (χ0n) is 11.5. The van der Waals surface area contributed by atoms with Crippen LogP contribution in [-0.4, -0.2) is 11.7 Å². The third kappa shape index (κ3) is 4.70. The largest absolute Gasteiger partial charge is 0.444 e. The third-order valence-corrected chi connectivity index (χ3v) is 3.12. The first kappa shape index (κ1) is 16.8. The minimum Gasteiger partial charge on any atom is -0.444 e. The number of rotatable bonds is 1. The number of carbonyl (C=O) groups is 1. The van der Waals surface area contributed by atoms with Crippen molar-refractivity contribution in [2.45, 2.75) is 39.5 Å². The van der Waals surface area contributed by atoms with Crippen LogP contribution in [-0.2, 0) is 10.9 Å². The summed E-state index contributed by atoms with van der Waals surface area (Å²) in [5.74, 6) is 0. The highest BCUT2D eigenvalue weighted by Gasteiger charge is 2.33. The topological polar surface area (TPSA) is 38.3 Å². The highest BCUT2D eigenvalue weighted by atomic mass is 79.9. The molecule has 0 aliphatic rings. The van der Waals surface area contributed by atoms with Gasteiger partial charge < -0.3 is 4.74 Å². The molecule has 112 valence electrons. The lowest BCUT2D eigenvalue weighted by Crippen LogP contribution is -2.27. The average Bonchev–Trinajstić information content (AvgIpc) is 2.18. The monoisotopic (exact) mass is 353 g/mol. The van der Waals surface area contributed by atoms with Crippen LogP contribution in [0.2, 0.25) is 0 Å². The normalized spacial score (nSPS) is 12.2. The zero-order valence-corrected chi connectivity index (χ0v) is 13.1. The molecule has 0 atom stereocenters. The Kier molecular flexibility index (Phi) is 4.74. The third-order valence-electron chi connectivity index (χ3n) is 2.29. The minimum absolute atomic E-state index is 0.0176. The molecule has 0 spiro atoms. The molecule has 0 heterocycles. The Balaban J connectivity index is 3.04. The molecule has 0 unspecified atom stereocenters. The summed E-state index contributed by atoms with van der Waals surface area (Å²) >= 11 is 3.05. The van der Waals surface area contributed by atoms with E-state index in [9.17, 15) is 18.0 Å². The van der Waals surface area contributed by atoms with E-state index in [1.54, 1.807) is 20.8 Å². The zero-order chi connectivity index (χ0) is 15.7. The number of ether oxygens (including phenoxy) is 1. The maximum absolute atomic E-state index is 12.9. The lowest BCUT2D eigenvalue weighted by atomic mass is 10.1. The van der Waals surface area contributed by atoms with E-state index in [0.717, 1.165) is 6.07 Å². The Morgan fingerprint density at radius 1 is 1.25 bits per heavy atom. The van der Waals surface area contributed by atoms with Gasteiger partial charge in [0.25, 0.3) is 0 Å². The van der Waals surface area contributed by atoms with Gasteiger partial charge in [0.2, 0.25) is 0 Å². The summed E-state index contributed by atoms with van der Waals surface area (Å²) in [5, 5.41) is 2.29. The Bertz CT molecular complexity index is 522. The predicted molar refractivity (Wildman–Crippen MR) is 73.7 cm³/mol. The molecular weight excluding hydrogens is 339 g/mol. The summed E-state index contributed by atoms with van der Waals surface area (Å²) in [4.78, 5) is 11.6. The van der Waals surface area contributed by atoms with Crippen LogP contribution in [0.25, 0.3) is 0 Å².